The summed E-state index contributed by atoms with van der Waals surface area (Å²) in [6, 6.07) is 12.2. The van der Waals surface area contributed by atoms with Crippen molar-refractivity contribution in [3.05, 3.63) is 53.3 Å². The molecule has 1 aromatic carbocycles. The molecule has 0 unspecified atom stereocenters. The van der Waals surface area contributed by atoms with Crippen LogP contribution in [0.1, 0.15) is 35.6 Å². The predicted molar refractivity (Wildman–Crippen MR) is 87.2 cm³/mol. The minimum atomic E-state index is 0.221. The quantitative estimate of drug-likeness (QED) is 0.759. The Kier molecular flexibility index (Phi) is 4.71. The van der Waals surface area contributed by atoms with Crippen molar-refractivity contribution in [3.63, 3.8) is 0 Å². The summed E-state index contributed by atoms with van der Waals surface area (Å²) in [6.45, 7) is 8.30. The lowest BCUT2D eigenvalue weighted by Gasteiger charge is -2.09. The summed E-state index contributed by atoms with van der Waals surface area (Å²) in [7, 11) is 0. The van der Waals surface area contributed by atoms with E-state index in [2.05, 4.69) is 30.5 Å². The van der Waals surface area contributed by atoms with Crippen LogP contribution < -0.4 is 0 Å². The van der Waals surface area contributed by atoms with Crippen molar-refractivity contribution in [1.82, 2.24) is 4.57 Å². The second-order valence-electron chi connectivity index (χ2n) is 5.24. The summed E-state index contributed by atoms with van der Waals surface area (Å²) in [5.74, 6) is 0.774. The highest BCUT2D eigenvalue weighted by Gasteiger charge is 2.16. The molecule has 2 nitrogen and oxygen atoms in total. The maximum Gasteiger partial charge on any atom is 0.174 e. The smallest absolute Gasteiger partial charge is 0.174 e. The van der Waals surface area contributed by atoms with Gasteiger partial charge in [0.1, 0.15) is 0 Å². The van der Waals surface area contributed by atoms with E-state index in [0.29, 0.717) is 11.0 Å². The number of thioether (sulfide) groups is 1. The number of hydrogen-bond acceptors (Lipinski definition) is 2. The molecule has 0 saturated heterocycles. The topological polar surface area (TPSA) is 22.0 Å². The van der Waals surface area contributed by atoms with E-state index in [1.165, 1.54) is 0 Å². The van der Waals surface area contributed by atoms with Crippen LogP contribution in [-0.2, 0) is 0 Å². The first-order valence-electron chi connectivity index (χ1n) is 6.90. The fraction of sp³-hybridized carbons (Fsp3) is 0.353. The second kappa shape index (κ2) is 6.31. The van der Waals surface area contributed by atoms with Gasteiger partial charge < -0.3 is 4.57 Å². The number of aromatic nitrogens is 1. The van der Waals surface area contributed by atoms with E-state index in [9.17, 15) is 4.79 Å². The minimum Gasteiger partial charge on any atom is -0.318 e. The number of ketones is 1. The van der Waals surface area contributed by atoms with Crippen molar-refractivity contribution < 1.29 is 4.79 Å². The molecule has 0 amide bonds. The molecule has 0 spiro atoms. The molecule has 2 rings (SSSR count). The normalized spacial score (nSPS) is 11.1. The van der Waals surface area contributed by atoms with Gasteiger partial charge in [-0.3, -0.25) is 4.79 Å². The summed E-state index contributed by atoms with van der Waals surface area (Å²) >= 11 is 1.70. The number of carbonyl (C=O) groups is 1. The molecule has 3 heteroatoms. The van der Waals surface area contributed by atoms with Crippen LogP contribution >= 0.6 is 11.8 Å². The summed E-state index contributed by atoms with van der Waals surface area (Å²) in [5, 5.41) is 0.483. The molecule has 0 aliphatic heterocycles. The first-order chi connectivity index (χ1) is 9.50. The molecule has 0 N–H and O–H groups in total. The third kappa shape index (κ3) is 3.15. The standard InChI is InChI=1S/C17H21NOS/c1-12(2)20-11-17(19)16-10-13(3)18(14(16)4)15-8-6-5-7-9-15/h5-10,12H,11H2,1-4H3. The highest BCUT2D eigenvalue weighted by Crippen LogP contribution is 2.22. The van der Waals surface area contributed by atoms with E-state index in [0.717, 1.165) is 22.6 Å². The Labute approximate surface area is 125 Å². The highest BCUT2D eigenvalue weighted by molar-refractivity contribution is 8.00. The van der Waals surface area contributed by atoms with Crippen LogP contribution in [-0.4, -0.2) is 21.4 Å². The lowest BCUT2D eigenvalue weighted by Crippen LogP contribution is -2.07. The molecule has 0 atom stereocenters. The summed E-state index contributed by atoms with van der Waals surface area (Å²) in [6.07, 6.45) is 0. The number of benzene rings is 1. The third-order valence-corrected chi connectivity index (χ3v) is 4.39. The number of Topliss-reactive ketones (excluding diaryl/α,β-unsaturated/α-hetero) is 1. The molecule has 1 heterocycles. The minimum absolute atomic E-state index is 0.221. The van der Waals surface area contributed by atoms with Gasteiger partial charge in [-0.2, -0.15) is 11.8 Å². The lowest BCUT2D eigenvalue weighted by molar-refractivity contribution is 0.102. The molecule has 0 aliphatic rings. The number of rotatable bonds is 5. The van der Waals surface area contributed by atoms with E-state index < -0.39 is 0 Å². The van der Waals surface area contributed by atoms with Gasteiger partial charge in [-0.05, 0) is 37.3 Å². The van der Waals surface area contributed by atoms with Gasteiger partial charge in [0.25, 0.3) is 0 Å². The summed E-state index contributed by atoms with van der Waals surface area (Å²) in [4.78, 5) is 12.3. The van der Waals surface area contributed by atoms with Crippen molar-refractivity contribution >= 4 is 17.5 Å². The van der Waals surface area contributed by atoms with Crippen molar-refractivity contribution in [2.24, 2.45) is 0 Å². The van der Waals surface area contributed by atoms with Crippen LogP contribution in [0.5, 0.6) is 0 Å². The Morgan fingerprint density at radius 2 is 1.85 bits per heavy atom. The Balaban J connectivity index is 2.32. The Morgan fingerprint density at radius 3 is 2.45 bits per heavy atom. The van der Waals surface area contributed by atoms with Crippen LogP contribution in [0.15, 0.2) is 36.4 Å². The Bertz CT molecular complexity index is 599. The Morgan fingerprint density at radius 1 is 1.20 bits per heavy atom. The fourth-order valence-corrected chi connectivity index (χ4v) is 2.98. The van der Waals surface area contributed by atoms with Gasteiger partial charge in [0.2, 0.25) is 0 Å². The molecular weight excluding hydrogens is 266 g/mol. The number of aryl methyl sites for hydroxylation is 1. The van der Waals surface area contributed by atoms with Crippen molar-refractivity contribution in [2.75, 3.05) is 5.75 Å². The average molecular weight is 287 g/mol. The van der Waals surface area contributed by atoms with Crippen molar-refractivity contribution in [2.45, 2.75) is 32.9 Å². The highest BCUT2D eigenvalue weighted by atomic mass is 32.2. The second-order valence-corrected chi connectivity index (χ2v) is 6.80. The van der Waals surface area contributed by atoms with E-state index >= 15 is 0 Å². The predicted octanol–water partition coefficient (Wildman–Crippen LogP) is 4.42. The van der Waals surface area contributed by atoms with Gasteiger partial charge in [0, 0.05) is 22.6 Å². The van der Waals surface area contributed by atoms with Gasteiger partial charge in [-0.15, -0.1) is 0 Å². The first-order valence-corrected chi connectivity index (χ1v) is 7.94. The molecule has 2 aromatic rings. The molecular formula is C17H21NOS. The van der Waals surface area contributed by atoms with Crippen LogP contribution in [0.3, 0.4) is 0 Å². The molecule has 0 bridgehead atoms. The van der Waals surface area contributed by atoms with Gasteiger partial charge in [0.05, 0.1) is 5.75 Å². The van der Waals surface area contributed by atoms with Crippen LogP contribution in [0.25, 0.3) is 5.69 Å². The zero-order valence-corrected chi connectivity index (χ0v) is 13.3. The van der Waals surface area contributed by atoms with Crippen molar-refractivity contribution in [1.29, 1.82) is 0 Å². The monoisotopic (exact) mass is 287 g/mol. The van der Waals surface area contributed by atoms with E-state index in [4.69, 9.17) is 0 Å². The molecule has 0 aliphatic carbocycles. The van der Waals surface area contributed by atoms with Gasteiger partial charge >= 0.3 is 0 Å². The molecule has 1 aromatic heterocycles. The number of para-hydroxylation sites is 1. The summed E-state index contributed by atoms with van der Waals surface area (Å²) in [5.41, 5.74) is 4.09. The zero-order valence-electron chi connectivity index (χ0n) is 12.5. The number of carbonyl (C=O) groups excluding carboxylic acids is 1. The summed E-state index contributed by atoms with van der Waals surface area (Å²) < 4.78 is 2.15. The lowest BCUT2D eigenvalue weighted by atomic mass is 10.2. The molecule has 0 saturated carbocycles. The maximum atomic E-state index is 12.3. The van der Waals surface area contributed by atoms with E-state index in [1.807, 2.05) is 38.1 Å². The third-order valence-electron chi connectivity index (χ3n) is 3.29. The first kappa shape index (κ1) is 14.9. The van der Waals surface area contributed by atoms with Crippen molar-refractivity contribution in [3.8, 4) is 5.69 Å². The van der Waals surface area contributed by atoms with E-state index in [1.54, 1.807) is 11.8 Å². The largest absolute Gasteiger partial charge is 0.318 e. The molecule has 20 heavy (non-hydrogen) atoms. The molecule has 0 radical (unpaired) electrons. The van der Waals surface area contributed by atoms with Gasteiger partial charge in [-0.25, -0.2) is 0 Å². The van der Waals surface area contributed by atoms with Crippen LogP contribution in [0, 0.1) is 13.8 Å². The van der Waals surface area contributed by atoms with Crippen LogP contribution in [0.2, 0.25) is 0 Å². The molecule has 106 valence electrons. The maximum absolute atomic E-state index is 12.3. The SMILES string of the molecule is Cc1cc(C(=O)CSC(C)C)c(C)n1-c1ccccc1. The van der Waals surface area contributed by atoms with Crippen LogP contribution in [0.4, 0.5) is 0 Å². The van der Waals surface area contributed by atoms with Gasteiger partial charge in [-0.1, -0.05) is 32.0 Å². The average Bonchev–Trinajstić information content (AvgIpc) is 2.72. The number of nitrogens with zero attached hydrogens (tertiary/aromatic N) is 1. The van der Waals surface area contributed by atoms with E-state index in [-0.39, 0.29) is 5.78 Å². The fourth-order valence-electron chi connectivity index (χ4n) is 2.34. The Hall–Kier alpha value is -1.48. The number of hydrogen-bond donors (Lipinski definition) is 0. The van der Waals surface area contributed by atoms with Gasteiger partial charge in [0.15, 0.2) is 5.78 Å². The molecule has 0 fully saturated rings. The zero-order chi connectivity index (χ0) is 14.7.